The van der Waals surface area contributed by atoms with Crippen molar-refractivity contribution in [1.29, 1.82) is 0 Å². The maximum atomic E-state index is 14.5. The summed E-state index contributed by atoms with van der Waals surface area (Å²) in [7, 11) is 6.71. The number of hydrogen-bond acceptors (Lipinski definition) is 20. The lowest BCUT2D eigenvalue weighted by atomic mass is 10.0. The molecular weight excluding hydrogens is 1110 g/mol. The molecule has 0 spiro atoms. The summed E-state index contributed by atoms with van der Waals surface area (Å²) in [5.74, 6) is 2.86. The second kappa shape index (κ2) is 27.6. The van der Waals surface area contributed by atoms with Crippen LogP contribution < -0.4 is 51.4 Å². The summed E-state index contributed by atoms with van der Waals surface area (Å²) in [5.41, 5.74) is 3.54. The summed E-state index contributed by atoms with van der Waals surface area (Å²) in [5, 5.41) is 32.1. The minimum absolute atomic E-state index is 0.0700. The van der Waals surface area contributed by atoms with Crippen molar-refractivity contribution in [3.05, 3.63) is 105 Å². The summed E-state index contributed by atoms with van der Waals surface area (Å²) < 4.78 is 48.1. The van der Waals surface area contributed by atoms with Gasteiger partial charge >= 0.3 is 12.6 Å². The Labute approximate surface area is 475 Å². The SMILES string of the molecule is CCOc1cc(C2COCCN2C(=O)N2CCNCC2c2ccc(Nc3ncc(Cl)c(NC)n3)c(OC)c2)ccc1Nc1ncc(Cl)c(NC)n1.CNc1nc(Nc2ccc(C(=O)N3CCC(O)CC3)cc2OC(F)F)ncc1Cl. The number of halogens is 5. The van der Waals surface area contributed by atoms with Gasteiger partial charge in [-0.1, -0.05) is 46.9 Å². The van der Waals surface area contributed by atoms with Gasteiger partial charge in [0.1, 0.15) is 49.8 Å². The summed E-state index contributed by atoms with van der Waals surface area (Å²) in [4.78, 5) is 58.1. The van der Waals surface area contributed by atoms with Crippen LogP contribution in [-0.2, 0) is 4.74 Å². The third kappa shape index (κ3) is 14.4. The molecule has 3 amide bonds. The number of nitrogens with one attached hydrogen (secondary N) is 7. The average Bonchev–Trinajstić information content (AvgIpc) is 3.48. The number of carbonyl (C=O) groups excluding carboxylic acids is 2. The van der Waals surface area contributed by atoms with Crippen molar-refractivity contribution in [2.75, 3.05) is 119 Å². The first-order chi connectivity index (χ1) is 38.7. The molecule has 0 radical (unpaired) electrons. The number of hydrogen-bond donors (Lipinski definition) is 8. The molecule has 0 saturated carbocycles. The summed E-state index contributed by atoms with van der Waals surface area (Å²) in [6.45, 7) is 3.10. The Kier molecular flexibility index (Phi) is 20.2. The minimum Gasteiger partial charge on any atom is -0.495 e. The van der Waals surface area contributed by atoms with Crippen LogP contribution in [0.15, 0.2) is 73.2 Å². The van der Waals surface area contributed by atoms with E-state index in [1.807, 2.05) is 53.1 Å². The van der Waals surface area contributed by atoms with Gasteiger partial charge in [-0.15, -0.1) is 0 Å². The Morgan fingerprint density at radius 1 is 0.725 bits per heavy atom. The van der Waals surface area contributed by atoms with Crippen molar-refractivity contribution in [3.63, 3.8) is 0 Å². The topological polar surface area (TPSA) is 263 Å². The lowest BCUT2D eigenvalue weighted by Crippen LogP contribution is -2.55. The van der Waals surface area contributed by atoms with Crippen molar-refractivity contribution < 1.29 is 42.4 Å². The van der Waals surface area contributed by atoms with Gasteiger partial charge in [-0.2, -0.15) is 23.7 Å². The van der Waals surface area contributed by atoms with Crippen LogP contribution in [0.3, 0.4) is 0 Å². The van der Waals surface area contributed by atoms with E-state index in [0.29, 0.717) is 139 Å². The van der Waals surface area contributed by atoms with Gasteiger partial charge in [-0.05, 0) is 73.4 Å². The molecule has 3 aromatic carbocycles. The van der Waals surface area contributed by atoms with E-state index in [4.69, 9.17) is 49.0 Å². The third-order valence-corrected chi connectivity index (χ3v) is 13.9. The molecule has 0 bridgehead atoms. The standard InChI is InChI=1S/C34H41Cl2N11O4.C18H20ClF2N5O3/c1-5-51-29-15-21(7-9-25(29)43-33-41-17-23(36)31(38-3)45-33)27-19-50-13-12-47(27)34(48)46-11-10-39-18-26(46)20-6-8-24(28(14-20)49-4)42-32-40-16-22(35)30(37-2)44-32;1-22-15-12(19)9-23-18(25-15)24-13-3-2-10(8-14(13)29-17(20)21)16(28)26-6-4-11(27)5-7-26/h6-9,14-17,26-27,39H,5,10-13,18-19H2,1-4H3,(H2,37,40,42,44)(H2,38,41,43,45);2-3,8-9,11,17,27H,4-7H2,1H3,(H2,22,23,24,25). The fraction of sp³-hybridized carbons (Fsp3) is 0.385. The number of piperazine rings is 1. The molecule has 3 saturated heterocycles. The highest BCUT2D eigenvalue weighted by atomic mass is 35.5. The van der Waals surface area contributed by atoms with Crippen molar-refractivity contribution in [2.24, 2.45) is 0 Å². The number of alkyl halides is 2. The Bertz CT molecular complexity index is 3110. The number of morpholine rings is 1. The minimum atomic E-state index is -3.08. The number of aromatic nitrogens is 6. The molecule has 9 rings (SSSR count). The normalized spacial score (nSPS) is 16.5. The number of methoxy groups -OCH3 is 1. The third-order valence-electron chi connectivity index (χ3n) is 13.0. The Balaban J connectivity index is 0.000000245. The molecule has 2 atom stereocenters. The maximum Gasteiger partial charge on any atom is 0.387 e. The largest absolute Gasteiger partial charge is 0.495 e. The smallest absolute Gasteiger partial charge is 0.387 e. The quantitative estimate of drug-likeness (QED) is 0.0424. The molecule has 3 aliphatic rings. The van der Waals surface area contributed by atoms with Crippen LogP contribution in [0.2, 0.25) is 15.1 Å². The van der Waals surface area contributed by atoms with E-state index in [1.54, 1.807) is 33.2 Å². The van der Waals surface area contributed by atoms with E-state index in [0.717, 1.165) is 11.1 Å². The van der Waals surface area contributed by atoms with Gasteiger partial charge in [0, 0.05) is 66.0 Å². The number of aliphatic hydroxyl groups is 1. The molecule has 80 heavy (non-hydrogen) atoms. The molecule has 28 heteroatoms. The first kappa shape index (κ1) is 58.6. The highest BCUT2D eigenvalue weighted by Crippen LogP contribution is 2.38. The maximum absolute atomic E-state index is 14.5. The van der Waals surface area contributed by atoms with Gasteiger partial charge in [0.05, 0.1) is 80.8 Å². The molecule has 3 aliphatic heterocycles. The zero-order valence-corrected chi connectivity index (χ0v) is 46.6. The molecule has 6 heterocycles. The van der Waals surface area contributed by atoms with Gasteiger partial charge in [0.15, 0.2) is 0 Å². The fourth-order valence-corrected chi connectivity index (χ4v) is 9.58. The van der Waals surface area contributed by atoms with Crippen LogP contribution in [0.25, 0.3) is 0 Å². The van der Waals surface area contributed by atoms with Crippen LogP contribution in [0, 0.1) is 0 Å². The number of aliphatic hydroxyl groups excluding tert-OH is 1. The number of ether oxygens (including phenoxy) is 4. The van der Waals surface area contributed by atoms with E-state index in [1.165, 1.54) is 36.8 Å². The Hall–Kier alpha value is -7.55. The predicted octanol–water partition coefficient (Wildman–Crippen LogP) is 8.80. The van der Waals surface area contributed by atoms with Crippen LogP contribution >= 0.6 is 34.8 Å². The Morgan fingerprint density at radius 3 is 1.77 bits per heavy atom. The monoisotopic (exact) mass is 1160 g/mol. The first-order valence-electron chi connectivity index (χ1n) is 25.5. The van der Waals surface area contributed by atoms with Crippen LogP contribution in [0.5, 0.6) is 17.2 Å². The van der Waals surface area contributed by atoms with Crippen molar-refractivity contribution >= 4 is 99.1 Å². The van der Waals surface area contributed by atoms with E-state index in [2.05, 4.69) is 71.9 Å². The van der Waals surface area contributed by atoms with Crippen molar-refractivity contribution in [2.45, 2.75) is 44.6 Å². The second-order valence-corrected chi connectivity index (χ2v) is 19.3. The molecule has 3 fully saturated rings. The number of benzene rings is 3. The van der Waals surface area contributed by atoms with E-state index < -0.39 is 12.7 Å². The molecular formula is C52H61Cl3F2N16O7. The number of carbonyl (C=O) groups is 2. The molecule has 6 aromatic rings. The number of anilines is 9. The molecule has 3 aromatic heterocycles. The first-order valence-corrected chi connectivity index (χ1v) is 26.6. The van der Waals surface area contributed by atoms with Gasteiger partial charge in [-0.3, -0.25) is 4.79 Å². The average molecular weight is 1170 g/mol. The lowest BCUT2D eigenvalue weighted by Gasteiger charge is -2.43. The summed E-state index contributed by atoms with van der Waals surface area (Å²) >= 11 is 18.3. The summed E-state index contributed by atoms with van der Waals surface area (Å²) in [6.07, 6.45) is 4.95. The lowest BCUT2D eigenvalue weighted by molar-refractivity contribution is -0.0494. The van der Waals surface area contributed by atoms with Crippen LogP contribution in [-0.4, -0.2) is 162 Å². The number of urea groups is 1. The zero-order valence-electron chi connectivity index (χ0n) is 44.3. The van der Waals surface area contributed by atoms with E-state index >= 15 is 0 Å². The van der Waals surface area contributed by atoms with Gasteiger partial charge in [-0.25, -0.2) is 19.7 Å². The molecule has 23 nitrogen and oxygen atoms in total. The molecule has 426 valence electrons. The van der Waals surface area contributed by atoms with Crippen LogP contribution in [0.1, 0.15) is 53.3 Å². The summed E-state index contributed by atoms with van der Waals surface area (Å²) in [6, 6.07) is 15.2. The number of rotatable bonds is 17. The number of nitrogens with zero attached hydrogens (tertiary/aromatic N) is 9. The van der Waals surface area contributed by atoms with Crippen LogP contribution in [0.4, 0.5) is 65.9 Å². The zero-order chi connectivity index (χ0) is 56.9. The van der Waals surface area contributed by atoms with Gasteiger partial charge in [0.2, 0.25) is 17.8 Å². The predicted molar refractivity (Wildman–Crippen MR) is 302 cm³/mol. The fourth-order valence-electron chi connectivity index (χ4n) is 9.02. The highest BCUT2D eigenvalue weighted by molar-refractivity contribution is 6.33. The van der Waals surface area contributed by atoms with Gasteiger partial charge in [0.25, 0.3) is 5.91 Å². The molecule has 2 unspecified atom stereocenters. The number of piperidine rings is 1. The van der Waals surface area contributed by atoms with Crippen molar-refractivity contribution in [3.8, 4) is 17.2 Å². The molecule has 8 N–H and O–H groups in total. The Morgan fingerprint density at radius 2 is 1.24 bits per heavy atom. The number of likely N-dealkylation sites (tertiary alicyclic amines) is 1. The van der Waals surface area contributed by atoms with Crippen molar-refractivity contribution in [1.82, 2.24) is 49.9 Å². The van der Waals surface area contributed by atoms with E-state index in [9.17, 15) is 23.5 Å². The van der Waals surface area contributed by atoms with Gasteiger partial charge < -0.3 is 76.0 Å². The second-order valence-electron chi connectivity index (χ2n) is 18.0. The van der Waals surface area contributed by atoms with E-state index in [-0.39, 0.29) is 47.0 Å². The number of amides is 3. The molecule has 0 aliphatic carbocycles. The highest BCUT2D eigenvalue weighted by Gasteiger charge is 2.37.